The summed E-state index contributed by atoms with van der Waals surface area (Å²) in [6, 6.07) is 2.12. The van der Waals surface area contributed by atoms with Crippen LogP contribution in [0.2, 0.25) is 0 Å². The summed E-state index contributed by atoms with van der Waals surface area (Å²) < 4.78 is 27.1. The molecule has 3 nitrogen and oxygen atoms in total. The van der Waals surface area contributed by atoms with Gasteiger partial charge in [0.15, 0.2) is 5.82 Å². The zero-order chi connectivity index (χ0) is 13.8. The van der Waals surface area contributed by atoms with Crippen molar-refractivity contribution in [1.29, 1.82) is 0 Å². The van der Waals surface area contributed by atoms with Gasteiger partial charge in [-0.05, 0) is 24.5 Å². The van der Waals surface area contributed by atoms with Gasteiger partial charge in [-0.15, -0.1) is 0 Å². The molecule has 19 heavy (non-hydrogen) atoms. The van der Waals surface area contributed by atoms with Gasteiger partial charge < -0.3 is 11.1 Å². The predicted octanol–water partition coefficient (Wildman–Crippen LogP) is 2.86. The molecule has 0 unspecified atom stereocenters. The van der Waals surface area contributed by atoms with Gasteiger partial charge in [-0.25, -0.2) is 8.78 Å². The van der Waals surface area contributed by atoms with Crippen molar-refractivity contribution in [1.82, 2.24) is 5.32 Å². The first kappa shape index (κ1) is 13.8. The average molecular weight is 268 g/mol. The van der Waals surface area contributed by atoms with Crippen molar-refractivity contribution in [2.24, 2.45) is 5.92 Å². The molecule has 104 valence electrons. The van der Waals surface area contributed by atoms with E-state index in [9.17, 15) is 13.6 Å². The first-order valence-corrected chi connectivity index (χ1v) is 6.61. The summed E-state index contributed by atoms with van der Waals surface area (Å²) in [4.78, 5) is 11.8. The van der Waals surface area contributed by atoms with Crippen molar-refractivity contribution in [2.75, 3.05) is 12.3 Å². The third-order valence-corrected chi connectivity index (χ3v) is 3.66. The van der Waals surface area contributed by atoms with Crippen LogP contribution in [0, 0.1) is 17.6 Å². The number of carbonyl (C=O) groups is 1. The maximum absolute atomic E-state index is 13.6. The number of nitrogens with two attached hydrogens (primary N) is 1. The van der Waals surface area contributed by atoms with Crippen LogP contribution in [0.25, 0.3) is 0 Å². The number of hydrogen-bond donors (Lipinski definition) is 2. The minimum absolute atomic E-state index is 0.220. The Kier molecular flexibility index (Phi) is 4.35. The molecule has 0 bridgehead atoms. The molecule has 0 heterocycles. The molecule has 1 aromatic rings. The Labute approximate surface area is 111 Å². The van der Waals surface area contributed by atoms with Crippen molar-refractivity contribution in [2.45, 2.75) is 32.1 Å². The molecule has 1 saturated carbocycles. The summed E-state index contributed by atoms with van der Waals surface area (Å²) in [6.45, 7) is 0.442. The lowest BCUT2D eigenvalue weighted by atomic mass is 10.0. The van der Waals surface area contributed by atoms with Gasteiger partial charge in [-0.1, -0.05) is 25.7 Å². The van der Waals surface area contributed by atoms with Crippen LogP contribution >= 0.6 is 0 Å². The van der Waals surface area contributed by atoms with Gasteiger partial charge in [-0.3, -0.25) is 4.79 Å². The molecule has 1 amide bonds. The SMILES string of the molecule is Nc1ccc(F)c(C(=O)NCCC2CCCC2)c1F. The molecule has 0 saturated heterocycles. The van der Waals surface area contributed by atoms with Gasteiger partial charge in [0, 0.05) is 6.54 Å². The number of nitrogen functional groups attached to an aromatic ring is 1. The summed E-state index contributed by atoms with van der Waals surface area (Å²) >= 11 is 0. The lowest BCUT2D eigenvalue weighted by Crippen LogP contribution is -2.27. The fourth-order valence-corrected chi connectivity index (χ4v) is 2.55. The number of nitrogens with one attached hydrogen (secondary N) is 1. The zero-order valence-electron chi connectivity index (χ0n) is 10.7. The van der Waals surface area contributed by atoms with Crippen molar-refractivity contribution in [3.63, 3.8) is 0 Å². The molecule has 2 rings (SSSR count). The largest absolute Gasteiger partial charge is 0.396 e. The standard InChI is InChI=1S/C14H18F2N2O/c15-10-5-6-11(17)13(16)12(10)14(19)18-8-7-9-3-1-2-4-9/h5-6,9H,1-4,7-8,17H2,(H,18,19). The van der Waals surface area contributed by atoms with Crippen molar-refractivity contribution >= 4 is 11.6 Å². The van der Waals surface area contributed by atoms with Gasteiger partial charge in [-0.2, -0.15) is 0 Å². The van der Waals surface area contributed by atoms with Crippen LogP contribution in [0.15, 0.2) is 12.1 Å². The summed E-state index contributed by atoms with van der Waals surface area (Å²) in [5.41, 5.74) is 4.52. The highest BCUT2D eigenvalue weighted by atomic mass is 19.1. The Morgan fingerprint density at radius 1 is 1.32 bits per heavy atom. The average Bonchev–Trinajstić information content (AvgIpc) is 2.87. The van der Waals surface area contributed by atoms with E-state index < -0.39 is 23.1 Å². The van der Waals surface area contributed by atoms with Crippen LogP contribution in [0.5, 0.6) is 0 Å². The van der Waals surface area contributed by atoms with E-state index in [0.29, 0.717) is 12.5 Å². The lowest BCUT2D eigenvalue weighted by Gasteiger charge is -2.11. The molecule has 0 aromatic heterocycles. The molecule has 1 fully saturated rings. The van der Waals surface area contributed by atoms with E-state index in [1.807, 2.05) is 0 Å². The highest BCUT2D eigenvalue weighted by molar-refractivity contribution is 5.95. The third kappa shape index (κ3) is 3.22. The van der Waals surface area contributed by atoms with Crippen LogP contribution in [0.3, 0.4) is 0 Å². The van der Waals surface area contributed by atoms with E-state index >= 15 is 0 Å². The number of anilines is 1. The number of amides is 1. The van der Waals surface area contributed by atoms with E-state index in [1.165, 1.54) is 25.7 Å². The highest BCUT2D eigenvalue weighted by Crippen LogP contribution is 2.27. The first-order valence-electron chi connectivity index (χ1n) is 6.61. The summed E-state index contributed by atoms with van der Waals surface area (Å²) in [7, 11) is 0. The molecule has 5 heteroatoms. The Balaban J connectivity index is 1.94. The fraction of sp³-hybridized carbons (Fsp3) is 0.500. The fourth-order valence-electron chi connectivity index (χ4n) is 2.55. The van der Waals surface area contributed by atoms with Crippen molar-refractivity contribution in [3.05, 3.63) is 29.3 Å². The molecule has 0 spiro atoms. The molecule has 0 aliphatic heterocycles. The molecule has 3 N–H and O–H groups in total. The smallest absolute Gasteiger partial charge is 0.257 e. The Bertz CT molecular complexity index is 471. The van der Waals surface area contributed by atoms with Gasteiger partial charge in [0.1, 0.15) is 11.4 Å². The molecule has 1 aliphatic rings. The second-order valence-electron chi connectivity index (χ2n) is 5.02. The number of rotatable bonds is 4. The molecule has 0 radical (unpaired) electrons. The zero-order valence-corrected chi connectivity index (χ0v) is 10.7. The molecular formula is C14H18F2N2O. The van der Waals surface area contributed by atoms with Crippen molar-refractivity contribution in [3.8, 4) is 0 Å². The van der Waals surface area contributed by atoms with E-state index in [0.717, 1.165) is 18.6 Å². The number of halogens is 2. The second-order valence-corrected chi connectivity index (χ2v) is 5.02. The maximum atomic E-state index is 13.6. The monoisotopic (exact) mass is 268 g/mol. The number of benzene rings is 1. The van der Waals surface area contributed by atoms with Crippen LogP contribution < -0.4 is 11.1 Å². The van der Waals surface area contributed by atoms with Crippen LogP contribution in [-0.2, 0) is 0 Å². The van der Waals surface area contributed by atoms with E-state index in [4.69, 9.17) is 5.73 Å². The third-order valence-electron chi connectivity index (χ3n) is 3.66. The van der Waals surface area contributed by atoms with Gasteiger partial charge in [0.25, 0.3) is 5.91 Å². The number of hydrogen-bond acceptors (Lipinski definition) is 2. The van der Waals surface area contributed by atoms with Crippen LogP contribution in [0.1, 0.15) is 42.5 Å². The molecular weight excluding hydrogens is 250 g/mol. The van der Waals surface area contributed by atoms with E-state index in [1.54, 1.807) is 0 Å². The Morgan fingerprint density at radius 2 is 2.00 bits per heavy atom. The normalized spacial score (nSPS) is 15.7. The lowest BCUT2D eigenvalue weighted by molar-refractivity contribution is 0.0943. The van der Waals surface area contributed by atoms with Gasteiger partial charge in [0.05, 0.1) is 5.69 Å². The predicted molar refractivity (Wildman–Crippen MR) is 69.7 cm³/mol. The molecule has 1 aromatic carbocycles. The van der Waals surface area contributed by atoms with E-state index in [2.05, 4.69) is 5.32 Å². The molecule has 0 atom stereocenters. The summed E-state index contributed by atoms with van der Waals surface area (Å²) in [6.07, 6.45) is 5.68. The summed E-state index contributed by atoms with van der Waals surface area (Å²) in [5.74, 6) is -1.99. The van der Waals surface area contributed by atoms with Crippen LogP contribution in [-0.4, -0.2) is 12.5 Å². The minimum atomic E-state index is -0.988. The van der Waals surface area contributed by atoms with Crippen molar-refractivity contribution < 1.29 is 13.6 Å². The van der Waals surface area contributed by atoms with Gasteiger partial charge >= 0.3 is 0 Å². The quantitative estimate of drug-likeness (QED) is 0.825. The Morgan fingerprint density at radius 3 is 2.68 bits per heavy atom. The molecule has 1 aliphatic carbocycles. The van der Waals surface area contributed by atoms with Gasteiger partial charge in [0.2, 0.25) is 0 Å². The summed E-state index contributed by atoms with van der Waals surface area (Å²) in [5, 5.41) is 2.56. The highest BCUT2D eigenvalue weighted by Gasteiger charge is 2.20. The Hall–Kier alpha value is -1.65. The maximum Gasteiger partial charge on any atom is 0.257 e. The van der Waals surface area contributed by atoms with Crippen LogP contribution in [0.4, 0.5) is 14.5 Å². The number of carbonyl (C=O) groups excluding carboxylic acids is 1. The second kappa shape index (κ2) is 5.99. The first-order chi connectivity index (χ1) is 9.09. The minimum Gasteiger partial charge on any atom is -0.396 e. The van der Waals surface area contributed by atoms with E-state index in [-0.39, 0.29) is 5.69 Å². The topological polar surface area (TPSA) is 55.1 Å².